The minimum atomic E-state index is -0.0669. The van der Waals surface area contributed by atoms with Crippen molar-refractivity contribution < 1.29 is 5.11 Å². The Labute approximate surface area is 117 Å². The lowest BCUT2D eigenvalue weighted by Crippen LogP contribution is -2.34. The van der Waals surface area contributed by atoms with Crippen molar-refractivity contribution in [1.82, 2.24) is 5.32 Å². The standard InChI is InChI=1S/C17H27NO/c1-11-9-12(2)14(4)17(13(11)3)10-18-15-5-7-16(19)8-6-15/h9,15-16,18-19H,5-8,10H2,1-4H3. The highest BCUT2D eigenvalue weighted by Gasteiger charge is 2.19. The molecule has 0 heterocycles. The number of nitrogens with one attached hydrogen (secondary N) is 1. The van der Waals surface area contributed by atoms with E-state index < -0.39 is 0 Å². The van der Waals surface area contributed by atoms with Gasteiger partial charge in [-0.05, 0) is 81.2 Å². The third kappa shape index (κ3) is 3.37. The summed E-state index contributed by atoms with van der Waals surface area (Å²) in [5.41, 5.74) is 7.08. The lowest BCUT2D eigenvalue weighted by Gasteiger charge is -2.27. The van der Waals surface area contributed by atoms with Crippen LogP contribution in [-0.4, -0.2) is 17.3 Å². The molecule has 106 valence electrons. The first-order valence-corrected chi connectivity index (χ1v) is 7.46. The van der Waals surface area contributed by atoms with Crippen LogP contribution in [0.15, 0.2) is 6.07 Å². The molecule has 2 N–H and O–H groups in total. The van der Waals surface area contributed by atoms with Crippen molar-refractivity contribution in [1.29, 1.82) is 0 Å². The monoisotopic (exact) mass is 261 g/mol. The number of rotatable bonds is 3. The first-order valence-electron chi connectivity index (χ1n) is 7.46. The third-order valence-corrected chi connectivity index (χ3v) is 4.79. The molecule has 1 fully saturated rings. The van der Waals surface area contributed by atoms with Crippen molar-refractivity contribution in [3.63, 3.8) is 0 Å². The SMILES string of the molecule is Cc1cc(C)c(C)c(CNC2CCC(O)CC2)c1C. The smallest absolute Gasteiger partial charge is 0.0541 e. The van der Waals surface area contributed by atoms with Gasteiger partial charge in [0.15, 0.2) is 0 Å². The summed E-state index contributed by atoms with van der Waals surface area (Å²) in [6, 6.07) is 2.86. The molecular weight excluding hydrogens is 234 g/mol. The van der Waals surface area contributed by atoms with Gasteiger partial charge in [0.25, 0.3) is 0 Å². The van der Waals surface area contributed by atoms with Crippen LogP contribution >= 0.6 is 0 Å². The topological polar surface area (TPSA) is 32.3 Å². The van der Waals surface area contributed by atoms with Crippen LogP contribution in [0.5, 0.6) is 0 Å². The summed E-state index contributed by atoms with van der Waals surface area (Å²) in [6.07, 6.45) is 4.03. The third-order valence-electron chi connectivity index (χ3n) is 4.79. The summed E-state index contributed by atoms with van der Waals surface area (Å²) in [7, 11) is 0. The van der Waals surface area contributed by atoms with Gasteiger partial charge in [0.1, 0.15) is 0 Å². The summed E-state index contributed by atoms with van der Waals surface area (Å²) in [5.74, 6) is 0. The van der Waals surface area contributed by atoms with Gasteiger partial charge in [-0.15, -0.1) is 0 Å². The Morgan fingerprint density at radius 3 is 2.05 bits per heavy atom. The second-order valence-corrected chi connectivity index (χ2v) is 6.13. The molecular formula is C17H27NO. The van der Waals surface area contributed by atoms with Crippen LogP contribution in [0, 0.1) is 27.7 Å². The summed E-state index contributed by atoms with van der Waals surface area (Å²) in [6.45, 7) is 9.80. The maximum atomic E-state index is 9.55. The molecule has 2 heteroatoms. The highest BCUT2D eigenvalue weighted by atomic mass is 16.3. The van der Waals surface area contributed by atoms with Gasteiger partial charge in [-0.3, -0.25) is 0 Å². The fourth-order valence-electron chi connectivity index (χ4n) is 3.09. The van der Waals surface area contributed by atoms with Gasteiger partial charge < -0.3 is 10.4 Å². The highest BCUT2D eigenvalue weighted by molar-refractivity contribution is 5.43. The molecule has 2 rings (SSSR count). The molecule has 1 saturated carbocycles. The Kier molecular flexibility index (Phi) is 4.64. The minimum absolute atomic E-state index is 0.0669. The van der Waals surface area contributed by atoms with Gasteiger partial charge in [-0.1, -0.05) is 6.07 Å². The van der Waals surface area contributed by atoms with E-state index in [-0.39, 0.29) is 6.10 Å². The molecule has 0 aliphatic heterocycles. The van der Waals surface area contributed by atoms with Gasteiger partial charge in [-0.2, -0.15) is 0 Å². The Morgan fingerprint density at radius 2 is 1.53 bits per heavy atom. The molecule has 0 amide bonds. The van der Waals surface area contributed by atoms with E-state index in [4.69, 9.17) is 0 Å². The lowest BCUT2D eigenvalue weighted by atomic mass is 9.91. The van der Waals surface area contributed by atoms with Crippen LogP contribution in [0.3, 0.4) is 0 Å². The lowest BCUT2D eigenvalue weighted by molar-refractivity contribution is 0.116. The van der Waals surface area contributed by atoms with Crippen LogP contribution < -0.4 is 5.32 Å². The van der Waals surface area contributed by atoms with Crippen LogP contribution in [0.2, 0.25) is 0 Å². The molecule has 1 aliphatic rings. The predicted molar refractivity (Wildman–Crippen MR) is 80.5 cm³/mol. The maximum absolute atomic E-state index is 9.55. The van der Waals surface area contributed by atoms with Gasteiger partial charge in [-0.25, -0.2) is 0 Å². The van der Waals surface area contributed by atoms with E-state index in [2.05, 4.69) is 39.1 Å². The Morgan fingerprint density at radius 1 is 1.00 bits per heavy atom. The molecule has 0 unspecified atom stereocenters. The zero-order chi connectivity index (χ0) is 14.0. The summed E-state index contributed by atoms with van der Waals surface area (Å²) < 4.78 is 0. The molecule has 0 atom stereocenters. The van der Waals surface area contributed by atoms with Crippen LogP contribution in [0.25, 0.3) is 0 Å². The zero-order valence-corrected chi connectivity index (χ0v) is 12.7. The molecule has 1 aliphatic carbocycles. The van der Waals surface area contributed by atoms with Gasteiger partial charge in [0.2, 0.25) is 0 Å². The van der Waals surface area contributed by atoms with E-state index in [9.17, 15) is 5.11 Å². The zero-order valence-electron chi connectivity index (χ0n) is 12.7. The average Bonchev–Trinajstić information content (AvgIpc) is 2.38. The first kappa shape index (κ1) is 14.5. The van der Waals surface area contributed by atoms with Crippen molar-refractivity contribution in [2.75, 3.05) is 0 Å². The summed E-state index contributed by atoms with van der Waals surface area (Å²) >= 11 is 0. The number of aryl methyl sites for hydroxylation is 2. The largest absolute Gasteiger partial charge is 0.393 e. The van der Waals surface area contributed by atoms with Crippen molar-refractivity contribution in [3.8, 4) is 0 Å². The number of aliphatic hydroxyl groups is 1. The molecule has 0 saturated heterocycles. The molecule has 0 spiro atoms. The molecule has 19 heavy (non-hydrogen) atoms. The first-order chi connectivity index (χ1) is 8.99. The second kappa shape index (κ2) is 6.06. The molecule has 1 aromatic carbocycles. The van der Waals surface area contributed by atoms with E-state index in [1.54, 1.807) is 0 Å². The van der Waals surface area contributed by atoms with Crippen molar-refractivity contribution in [2.24, 2.45) is 0 Å². The molecule has 2 nitrogen and oxygen atoms in total. The van der Waals surface area contributed by atoms with Crippen LogP contribution in [0.4, 0.5) is 0 Å². The predicted octanol–water partition coefficient (Wildman–Crippen LogP) is 3.31. The van der Waals surface area contributed by atoms with E-state index >= 15 is 0 Å². The maximum Gasteiger partial charge on any atom is 0.0541 e. The fourth-order valence-corrected chi connectivity index (χ4v) is 3.09. The van der Waals surface area contributed by atoms with Gasteiger partial charge in [0.05, 0.1) is 6.10 Å². The normalized spacial score (nSPS) is 23.6. The van der Waals surface area contributed by atoms with Crippen LogP contribution in [-0.2, 0) is 6.54 Å². The summed E-state index contributed by atoms with van der Waals surface area (Å²) in [4.78, 5) is 0. The number of benzene rings is 1. The Bertz CT molecular complexity index is 419. The highest BCUT2D eigenvalue weighted by Crippen LogP contribution is 2.23. The average molecular weight is 261 g/mol. The van der Waals surface area contributed by atoms with E-state index in [1.807, 2.05) is 0 Å². The molecule has 0 radical (unpaired) electrons. The quantitative estimate of drug-likeness (QED) is 0.875. The Hall–Kier alpha value is -0.860. The van der Waals surface area contributed by atoms with Crippen LogP contribution in [0.1, 0.15) is 53.5 Å². The number of hydrogen-bond acceptors (Lipinski definition) is 2. The van der Waals surface area contributed by atoms with Gasteiger partial charge >= 0.3 is 0 Å². The van der Waals surface area contributed by atoms with Crippen molar-refractivity contribution in [3.05, 3.63) is 33.9 Å². The van der Waals surface area contributed by atoms with E-state index in [0.29, 0.717) is 6.04 Å². The minimum Gasteiger partial charge on any atom is -0.393 e. The van der Waals surface area contributed by atoms with Gasteiger partial charge in [0, 0.05) is 12.6 Å². The summed E-state index contributed by atoms with van der Waals surface area (Å²) in [5, 5.41) is 13.2. The van der Waals surface area contributed by atoms with E-state index in [1.165, 1.54) is 27.8 Å². The number of hydrogen-bond donors (Lipinski definition) is 2. The number of aliphatic hydroxyl groups excluding tert-OH is 1. The molecule has 1 aromatic rings. The second-order valence-electron chi connectivity index (χ2n) is 6.13. The van der Waals surface area contributed by atoms with E-state index in [0.717, 1.165) is 32.2 Å². The molecule has 0 aromatic heterocycles. The Balaban J connectivity index is 2.03. The molecule has 0 bridgehead atoms. The van der Waals surface area contributed by atoms with Crippen molar-refractivity contribution in [2.45, 2.75) is 72.1 Å². The fraction of sp³-hybridized carbons (Fsp3) is 0.647. The van der Waals surface area contributed by atoms with Crippen molar-refractivity contribution >= 4 is 0 Å².